The number of hydrogen-bond acceptors (Lipinski definition) is 5. The first-order chi connectivity index (χ1) is 11.7. The van der Waals surface area contributed by atoms with Gasteiger partial charge in [-0.1, -0.05) is 6.07 Å². The molecule has 8 nitrogen and oxygen atoms in total. The first-order valence-corrected chi connectivity index (χ1v) is 8.62. The van der Waals surface area contributed by atoms with E-state index >= 15 is 0 Å². The Kier molecular flexibility index (Phi) is 5.98. The Morgan fingerprint density at radius 1 is 1.32 bits per heavy atom. The molecule has 1 aromatic carbocycles. The molecule has 0 bridgehead atoms. The van der Waals surface area contributed by atoms with Crippen LogP contribution in [0.5, 0.6) is 0 Å². The average molecular weight is 459 g/mol. The Balaban J connectivity index is 1.75. The third-order valence-corrected chi connectivity index (χ3v) is 4.13. The van der Waals surface area contributed by atoms with E-state index in [0.29, 0.717) is 5.69 Å². The summed E-state index contributed by atoms with van der Waals surface area (Å²) < 4.78 is 5.83. The molecule has 1 fully saturated rings. The molecular weight excluding hydrogens is 441 g/mol. The lowest BCUT2D eigenvalue weighted by Gasteiger charge is -2.15. The number of carbonyl (C=O) groups excluding carboxylic acids is 4. The molecule has 0 atom stereocenters. The Hall–Kier alpha value is -2.17. The normalized spacial score (nSPS) is 15.7. The third kappa shape index (κ3) is 5.15. The van der Waals surface area contributed by atoms with Crippen LogP contribution in [0.15, 0.2) is 24.3 Å². The number of halogens is 1. The van der Waals surface area contributed by atoms with E-state index in [4.69, 9.17) is 4.74 Å². The number of benzene rings is 1. The SMILES string of the molecule is CC1(C)NC(=O)N(CCC(=O)OCC(=O)Nc2cccc(I)c2)C1=O. The summed E-state index contributed by atoms with van der Waals surface area (Å²) in [6, 6.07) is 6.64. The van der Waals surface area contributed by atoms with Crippen LogP contribution in [0.2, 0.25) is 0 Å². The molecular formula is C16H18IN3O5. The van der Waals surface area contributed by atoms with Crippen molar-refractivity contribution in [1.29, 1.82) is 0 Å². The molecule has 2 rings (SSSR count). The van der Waals surface area contributed by atoms with Gasteiger partial charge in [-0.05, 0) is 54.6 Å². The number of hydrogen-bond donors (Lipinski definition) is 2. The van der Waals surface area contributed by atoms with E-state index in [9.17, 15) is 19.2 Å². The highest BCUT2D eigenvalue weighted by Crippen LogP contribution is 2.16. The maximum atomic E-state index is 12.0. The van der Waals surface area contributed by atoms with Crippen molar-refractivity contribution in [2.45, 2.75) is 25.8 Å². The van der Waals surface area contributed by atoms with Crippen molar-refractivity contribution in [2.24, 2.45) is 0 Å². The lowest BCUT2D eigenvalue weighted by atomic mass is 10.1. The molecule has 25 heavy (non-hydrogen) atoms. The van der Waals surface area contributed by atoms with Gasteiger partial charge >= 0.3 is 12.0 Å². The number of esters is 1. The fraction of sp³-hybridized carbons (Fsp3) is 0.375. The van der Waals surface area contributed by atoms with Gasteiger partial charge in [0.1, 0.15) is 5.54 Å². The zero-order valence-corrected chi connectivity index (χ0v) is 16.0. The smallest absolute Gasteiger partial charge is 0.325 e. The Labute approximate surface area is 158 Å². The number of ether oxygens (including phenoxy) is 1. The highest BCUT2D eigenvalue weighted by Gasteiger charge is 2.44. The zero-order valence-electron chi connectivity index (χ0n) is 13.8. The van der Waals surface area contributed by atoms with Gasteiger partial charge in [0, 0.05) is 15.8 Å². The van der Waals surface area contributed by atoms with Crippen LogP contribution >= 0.6 is 22.6 Å². The van der Waals surface area contributed by atoms with Gasteiger partial charge < -0.3 is 15.4 Å². The van der Waals surface area contributed by atoms with Gasteiger partial charge in [-0.2, -0.15) is 0 Å². The lowest BCUT2D eigenvalue weighted by molar-refractivity contribution is -0.147. The molecule has 0 aliphatic carbocycles. The lowest BCUT2D eigenvalue weighted by Crippen LogP contribution is -2.40. The number of amides is 4. The largest absolute Gasteiger partial charge is 0.456 e. The van der Waals surface area contributed by atoms with Gasteiger partial charge in [-0.25, -0.2) is 4.79 Å². The van der Waals surface area contributed by atoms with E-state index < -0.39 is 36.0 Å². The standard InChI is InChI=1S/C16H18IN3O5/c1-16(2)14(23)20(15(24)19-16)7-6-13(22)25-9-12(21)18-11-5-3-4-10(17)8-11/h3-5,8H,6-7,9H2,1-2H3,(H,18,21)(H,19,24). The molecule has 0 saturated carbocycles. The Morgan fingerprint density at radius 3 is 2.64 bits per heavy atom. The molecule has 1 aliphatic rings. The molecule has 1 saturated heterocycles. The van der Waals surface area contributed by atoms with Crippen LogP contribution < -0.4 is 10.6 Å². The van der Waals surface area contributed by atoms with Crippen molar-refractivity contribution in [3.8, 4) is 0 Å². The van der Waals surface area contributed by atoms with E-state index in [1.54, 1.807) is 32.0 Å². The summed E-state index contributed by atoms with van der Waals surface area (Å²) in [5, 5.41) is 5.13. The first kappa shape index (κ1) is 19.2. The van der Waals surface area contributed by atoms with E-state index in [1.165, 1.54) is 0 Å². The van der Waals surface area contributed by atoms with Crippen LogP contribution in [0.4, 0.5) is 10.5 Å². The Morgan fingerprint density at radius 2 is 2.04 bits per heavy atom. The molecule has 1 aromatic rings. The van der Waals surface area contributed by atoms with Crippen LogP contribution in [0, 0.1) is 3.57 Å². The number of nitrogens with one attached hydrogen (secondary N) is 2. The second-order valence-electron chi connectivity index (χ2n) is 5.98. The van der Waals surface area contributed by atoms with E-state index in [2.05, 4.69) is 33.2 Å². The predicted octanol–water partition coefficient (Wildman–Crippen LogP) is 1.49. The zero-order chi connectivity index (χ0) is 18.6. The van der Waals surface area contributed by atoms with Gasteiger partial charge in [0.25, 0.3) is 11.8 Å². The molecule has 134 valence electrons. The minimum Gasteiger partial charge on any atom is -0.456 e. The van der Waals surface area contributed by atoms with Gasteiger partial charge in [0.15, 0.2) is 6.61 Å². The highest BCUT2D eigenvalue weighted by atomic mass is 127. The number of anilines is 1. The fourth-order valence-corrected chi connectivity index (χ4v) is 2.75. The highest BCUT2D eigenvalue weighted by molar-refractivity contribution is 14.1. The summed E-state index contributed by atoms with van der Waals surface area (Å²) in [6.07, 6.45) is -0.175. The molecule has 0 radical (unpaired) electrons. The summed E-state index contributed by atoms with van der Waals surface area (Å²) in [5.74, 6) is -1.53. The van der Waals surface area contributed by atoms with E-state index in [0.717, 1.165) is 8.47 Å². The quantitative estimate of drug-likeness (QED) is 0.381. The maximum Gasteiger partial charge on any atom is 0.325 e. The maximum absolute atomic E-state index is 12.0. The van der Waals surface area contributed by atoms with Crippen molar-refractivity contribution in [3.05, 3.63) is 27.8 Å². The van der Waals surface area contributed by atoms with Gasteiger partial charge in [0.2, 0.25) is 0 Å². The number of rotatable bonds is 6. The summed E-state index contributed by atoms with van der Waals surface area (Å²) in [7, 11) is 0. The second kappa shape index (κ2) is 7.81. The number of imide groups is 1. The van der Waals surface area contributed by atoms with E-state index in [-0.39, 0.29) is 13.0 Å². The molecule has 0 spiro atoms. The molecule has 4 amide bonds. The summed E-state index contributed by atoms with van der Waals surface area (Å²) in [4.78, 5) is 48.1. The number of nitrogens with zero attached hydrogens (tertiary/aromatic N) is 1. The van der Waals surface area contributed by atoms with Crippen molar-refractivity contribution < 1.29 is 23.9 Å². The van der Waals surface area contributed by atoms with Crippen molar-refractivity contribution in [2.75, 3.05) is 18.5 Å². The predicted molar refractivity (Wildman–Crippen MR) is 97.7 cm³/mol. The van der Waals surface area contributed by atoms with Crippen LogP contribution in [0.25, 0.3) is 0 Å². The summed E-state index contributed by atoms with van der Waals surface area (Å²) >= 11 is 2.12. The van der Waals surface area contributed by atoms with Crippen molar-refractivity contribution >= 4 is 52.1 Å². The molecule has 0 unspecified atom stereocenters. The molecule has 1 aliphatic heterocycles. The van der Waals surface area contributed by atoms with Gasteiger partial charge in [-0.15, -0.1) is 0 Å². The molecule has 2 N–H and O–H groups in total. The topological polar surface area (TPSA) is 105 Å². The van der Waals surface area contributed by atoms with Gasteiger partial charge in [-0.3, -0.25) is 19.3 Å². The summed E-state index contributed by atoms with van der Waals surface area (Å²) in [6.45, 7) is 2.64. The minimum atomic E-state index is -0.978. The number of urea groups is 1. The molecule has 9 heteroatoms. The van der Waals surface area contributed by atoms with Crippen LogP contribution in [-0.2, 0) is 19.1 Å². The number of carbonyl (C=O) groups is 4. The minimum absolute atomic E-state index is 0.0918. The van der Waals surface area contributed by atoms with Crippen LogP contribution in [0.3, 0.4) is 0 Å². The summed E-state index contributed by atoms with van der Waals surface area (Å²) in [5.41, 5.74) is -0.372. The van der Waals surface area contributed by atoms with Crippen LogP contribution in [-0.4, -0.2) is 47.4 Å². The van der Waals surface area contributed by atoms with Crippen molar-refractivity contribution in [1.82, 2.24) is 10.2 Å². The van der Waals surface area contributed by atoms with Crippen molar-refractivity contribution in [3.63, 3.8) is 0 Å². The third-order valence-electron chi connectivity index (χ3n) is 3.46. The Bertz CT molecular complexity index is 719. The van der Waals surface area contributed by atoms with E-state index in [1.807, 2.05) is 6.07 Å². The molecule has 0 aromatic heterocycles. The average Bonchev–Trinajstić information content (AvgIpc) is 2.71. The van der Waals surface area contributed by atoms with Gasteiger partial charge in [0.05, 0.1) is 6.42 Å². The fourth-order valence-electron chi connectivity index (χ4n) is 2.21. The second-order valence-corrected chi connectivity index (χ2v) is 7.23. The molecule has 1 heterocycles. The first-order valence-electron chi connectivity index (χ1n) is 7.54. The van der Waals surface area contributed by atoms with Crippen LogP contribution in [0.1, 0.15) is 20.3 Å². The monoisotopic (exact) mass is 459 g/mol.